The fraction of sp³-hybridized carbons (Fsp3) is 0.200. The summed E-state index contributed by atoms with van der Waals surface area (Å²) in [5.41, 5.74) is 9.52. The number of carbonyl (C=O) groups is 1. The Labute approximate surface area is 187 Å². The van der Waals surface area contributed by atoms with Crippen molar-refractivity contribution in [2.75, 3.05) is 12.3 Å². The van der Waals surface area contributed by atoms with Crippen molar-refractivity contribution in [1.29, 1.82) is 0 Å². The Balaban J connectivity index is 1.56. The maximum Gasteiger partial charge on any atom is 0.243 e. The number of para-hydroxylation sites is 1. The van der Waals surface area contributed by atoms with Crippen LogP contribution in [0, 0.1) is 0 Å². The zero-order valence-electron chi connectivity index (χ0n) is 17.9. The highest BCUT2D eigenvalue weighted by Gasteiger charge is 2.25. The number of nitrogens with two attached hydrogens (primary N) is 1. The molecule has 0 fully saturated rings. The van der Waals surface area contributed by atoms with Crippen molar-refractivity contribution in [3.05, 3.63) is 89.9 Å². The lowest BCUT2D eigenvalue weighted by molar-refractivity contribution is -0.116. The summed E-state index contributed by atoms with van der Waals surface area (Å²) < 4.78 is 5.90. The van der Waals surface area contributed by atoms with Crippen molar-refractivity contribution >= 4 is 17.4 Å². The van der Waals surface area contributed by atoms with E-state index in [1.165, 1.54) is 12.4 Å². The smallest absolute Gasteiger partial charge is 0.243 e. The normalized spacial score (nSPS) is 15.2. The number of carbonyl (C=O) groups excluding carboxylic acids is 1. The number of nitrogens with one attached hydrogen (secondary N) is 1. The Bertz CT molecular complexity index is 1140. The zero-order valence-corrected chi connectivity index (χ0v) is 17.9. The Hall–Kier alpha value is -4.00. The first-order valence-electron chi connectivity index (χ1n) is 10.6. The summed E-state index contributed by atoms with van der Waals surface area (Å²) in [7, 11) is 0. The van der Waals surface area contributed by atoms with Crippen molar-refractivity contribution in [3.8, 4) is 11.5 Å². The van der Waals surface area contributed by atoms with Gasteiger partial charge in [-0.1, -0.05) is 24.3 Å². The van der Waals surface area contributed by atoms with Gasteiger partial charge in [0.1, 0.15) is 23.6 Å². The molecule has 32 heavy (non-hydrogen) atoms. The maximum atomic E-state index is 11.7. The number of fused-ring (bicyclic) bond motifs is 1. The average Bonchev–Trinajstić information content (AvgIpc) is 2.80. The van der Waals surface area contributed by atoms with Crippen LogP contribution in [0.15, 0.2) is 78.1 Å². The monoisotopic (exact) mass is 427 g/mol. The highest BCUT2D eigenvalue weighted by molar-refractivity contribution is 6.16. The fourth-order valence-corrected chi connectivity index (χ4v) is 3.63. The number of nitrogens with zero attached hydrogens (tertiary/aromatic N) is 3. The molecule has 7 heteroatoms. The summed E-state index contributed by atoms with van der Waals surface area (Å²) in [6, 6.07) is 17.4. The van der Waals surface area contributed by atoms with E-state index in [-0.39, 0.29) is 11.9 Å². The number of anilines is 1. The molecule has 0 saturated heterocycles. The predicted molar refractivity (Wildman–Crippen MR) is 125 cm³/mol. The molecule has 2 heterocycles. The van der Waals surface area contributed by atoms with Gasteiger partial charge in [0.15, 0.2) is 0 Å². The number of amides is 1. The van der Waals surface area contributed by atoms with Gasteiger partial charge in [0.2, 0.25) is 5.91 Å². The van der Waals surface area contributed by atoms with E-state index >= 15 is 0 Å². The van der Waals surface area contributed by atoms with Crippen molar-refractivity contribution in [1.82, 2.24) is 15.3 Å². The number of aromatic nitrogens is 2. The SMILES string of the molecule is C/C=C/C(=O)NCCC1Cc2ncnc(N)c2C(c2ccc(Oc3ccccc3)cc2)=N1. The highest BCUT2D eigenvalue weighted by atomic mass is 16.5. The van der Waals surface area contributed by atoms with Gasteiger partial charge in [-0.25, -0.2) is 9.97 Å². The standard InChI is InChI=1S/C25H25N5O2/c1-2-6-22(31)27-14-13-18-15-21-23(25(26)29-16-28-21)24(30-18)17-9-11-20(12-10-17)32-19-7-4-3-5-8-19/h2-12,16,18H,13-15H2,1H3,(H,27,31)(H2,26,28,29)/b6-2+. The Morgan fingerprint density at radius 3 is 2.62 bits per heavy atom. The van der Waals surface area contributed by atoms with Crippen LogP contribution in [0.25, 0.3) is 0 Å². The molecule has 2 aromatic carbocycles. The van der Waals surface area contributed by atoms with E-state index in [9.17, 15) is 4.79 Å². The third kappa shape index (κ3) is 5.00. The van der Waals surface area contributed by atoms with Crippen LogP contribution in [0.4, 0.5) is 5.82 Å². The van der Waals surface area contributed by atoms with E-state index in [0.717, 1.165) is 34.0 Å². The molecule has 1 aliphatic heterocycles. The summed E-state index contributed by atoms with van der Waals surface area (Å²) in [6.07, 6.45) is 6.07. The minimum Gasteiger partial charge on any atom is -0.457 e. The van der Waals surface area contributed by atoms with Crippen molar-refractivity contribution in [2.24, 2.45) is 4.99 Å². The van der Waals surface area contributed by atoms with Gasteiger partial charge in [-0.3, -0.25) is 9.79 Å². The molecule has 0 aliphatic carbocycles. The van der Waals surface area contributed by atoms with Gasteiger partial charge in [-0.05, 0) is 55.8 Å². The molecule has 1 unspecified atom stereocenters. The molecule has 1 atom stereocenters. The fourth-order valence-electron chi connectivity index (χ4n) is 3.63. The summed E-state index contributed by atoms with van der Waals surface area (Å²) in [5, 5.41) is 2.88. The number of hydrogen-bond donors (Lipinski definition) is 2. The molecule has 1 aromatic heterocycles. The largest absolute Gasteiger partial charge is 0.457 e. The lowest BCUT2D eigenvalue weighted by atomic mass is 9.93. The van der Waals surface area contributed by atoms with E-state index < -0.39 is 0 Å². The predicted octanol–water partition coefficient (Wildman–Crippen LogP) is 3.70. The Morgan fingerprint density at radius 2 is 1.88 bits per heavy atom. The second-order valence-electron chi connectivity index (χ2n) is 7.44. The van der Waals surface area contributed by atoms with Crippen LogP contribution >= 0.6 is 0 Å². The minimum absolute atomic E-state index is 0.0158. The van der Waals surface area contributed by atoms with Gasteiger partial charge < -0.3 is 15.8 Å². The van der Waals surface area contributed by atoms with Gasteiger partial charge in [0.05, 0.1) is 23.0 Å². The topological polar surface area (TPSA) is 102 Å². The lowest BCUT2D eigenvalue weighted by Crippen LogP contribution is -2.29. The van der Waals surface area contributed by atoms with Gasteiger partial charge >= 0.3 is 0 Å². The Morgan fingerprint density at radius 1 is 1.12 bits per heavy atom. The van der Waals surface area contributed by atoms with E-state index in [4.69, 9.17) is 15.5 Å². The lowest BCUT2D eigenvalue weighted by Gasteiger charge is -2.23. The third-order valence-corrected chi connectivity index (χ3v) is 5.13. The number of hydrogen-bond acceptors (Lipinski definition) is 6. The number of ether oxygens (including phenoxy) is 1. The average molecular weight is 428 g/mol. The van der Waals surface area contributed by atoms with Gasteiger partial charge in [0.25, 0.3) is 0 Å². The number of benzene rings is 2. The Kier molecular flexibility index (Phi) is 6.55. The number of allylic oxidation sites excluding steroid dienone is 1. The molecule has 4 rings (SSSR count). The van der Waals surface area contributed by atoms with Crippen molar-refractivity contribution in [3.63, 3.8) is 0 Å². The first-order valence-corrected chi connectivity index (χ1v) is 10.6. The molecule has 0 radical (unpaired) electrons. The highest BCUT2D eigenvalue weighted by Crippen LogP contribution is 2.28. The molecule has 3 aromatic rings. The number of aliphatic imine (C=N–C) groups is 1. The van der Waals surface area contributed by atoms with Crippen LogP contribution < -0.4 is 15.8 Å². The van der Waals surface area contributed by atoms with Crippen molar-refractivity contribution in [2.45, 2.75) is 25.8 Å². The van der Waals surface area contributed by atoms with Crippen LogP contribution in [-0.2, 0) is 11.2 Å². The van der Waals surface area contributed by atoms with E-state index in [1.54, 1.807) is 6.08 Å². The number of nitrogen functional groups attached to an aromatic ring is 1. The molecule has 0 bridgehead atoms. The van der Waals surface area contributed by atoms with Gasteiger partial charge in [-0.2, -0.15) is 0 Å². The zero-order chi connectivity index (χ0) is 22.3. The molecule has 162 valence electrons. The summed E-state index contributed by atoms with van der Waals surface area (Å²) in [6.45, 7) is 2.35. The first-order chi connectivity index (χ1) is 15.6. The molecule has 1 amide bonds. The van der Waals surface area contributed by atoms with Crippen LogP contribution in [0.5, 0.6) is 11.5 Å². The quantitative estimate of drug-likeness (QED) is 0.560. The van der Waals surface area contributed by atoms with Crippen LogP contribution in [0.2, 0.25) is 0 Å². The summed E-state index contributed by atoms with van der Waals surface area (Å²) in [5.74, 6) is 1.82. The summed E-state index contributed by atoms with van der Waals surface area (Å²) in [4.78, 5) is 25.3. The third-order valence-electron chi connectivity index (χ3n) is 5.13. The molecule has 3 N–H and O–H groups in total. The van der Waals surface area contributed by atoms with E-state index in [1.807, 2.05) is 61.5 Å². The molecule has 0 saturated carbocycles. The van der Waals surface area contributed by atoms with E-state index in [2.05, 4.69) is 15.3 Å². The molecular weight excluding hydrogens is 402 g/mol. The van der Waals surface area contributed by atoms with Crippen LogP contribution in [0.1, 0.15) is 30.2 Å². The molecular formula is C25H25N5O2. The van der Waals surface area contributed by atoms with E-state index in [0.29, 0.717) is 25.2 Å². The maximum absolute atomic E-state index is 11.7. The summed E-state index contributed by atoms with van der Waals surface area (Å²) >= 11 is 0. The van der Waals surface area contributed by atoms with Crippen molar-refractivity contribution < 1.29 is 9.53 Å². The van der Waals surface area contributed by atoms with Crippen LogP contribution in [-0.4, -0.2) is 34.2 Å². The second-order valence-corrected chi connectivity index (χ2v) is 7.44. The minimum atomic E-state index is -0.103. The molecule has 7 nitrogen and oxygen atoms in total. The second kappa shape index (κ2) is 9.87. The van der Waals surface area contributed by atoms with Gasteiger partial charge in [-0.15, -0.1) is 0 Å². The number of rotatable bonds is 7. The molecule has 1 aliphatic rings. The first kappa shape index (κ1) is 21.2. The van der Waals surface area contributed by atoms with Crippen LogP contribution in [0.3, 0.4) is 0 Å². The molecule has 0 spiro atoms. The van der Waals surface area contributed by atoms with Gasteiger partial charge in [0, 0.05) is 18.5 Å².